The molecule has 1 amide bonds. The number of amides is 1. The molecule has 2 aromatic heterocycles. The summed E-state index contributed by atoms with van der Waals surface area (Å²) in [6.45, 7) is 2.02. The van der Waals surface area contributed by atoms with Gasteiger partial charge in [-0.3, -0.25) is 14.3 Å². The Morgan fingerprint density at radius 3 is 2.58 bits per heavy atom. The molecule has 5 rings (SSSR count). The Hall–Kier alpha value is -2.62. The summed E-state index contributed by atoms with van der Waals surface area (Å²) in [6.07, 6.45) is 5.04. The van der Waals surface area contributed by atoms with Crippen LogP contribution in [0.4, 0.5) is 10.2 Å². The topological polar surface area (TPSA) is 68.0 Å². The van der Waals surface area contributed by atoms with E-state index in [2.05, 4.69) is 15.2 Å². The van der Waals surface area contributed by atoms with Gasteiger partial charge in [0.1, 0.15) is 11.6 Å². The number of benzene rings is 1. The van der Waals surface area contributed by atoms with Gasteiger partial charge in [-0.1, -0.05) is 23.7 Å². The molecule has 1 aliphatic carbocycles. The van der Waals surface area contributed by atoms with Gasteiger partial charge in [0, 0.05) is 31.2 Å². The first-order valence-electron chi connectivity index (χ1n) is 11.1. The molecule has 1 aromatic carbocycles. The monoisotopic (exact) mass is 486 g/mol. The van der Waals surface area contributed by atoms with Gasteiger partial charge in [0.2, 0.25) is 5.91 Å². The van der Waals surface area contributed by atoms with E-state index >= 15 is 0 Å². The number of piperidine rings is 1. The third kappa shape index (κ3) is 4.85. The number of hydrogen-bond donors (Lipinski definition) is 1. The highest BCUT2D eigenvalue weighted by atomic mass is 35.5. The van der Waals surface area contributed by atoms with E-state index in [4.69, 9.17) is 28.9 Å². The number of halogens is 2. The number of rotatable bonds is 6. The van der Waals surface area contributed by atoms with Crippen molar-refractivity contribution >= 4 is 35.5 Å². The van der Waals surface area contributed by atoms with E-state index in [0.29, 0.717) is 33.7 Å². The second kappa shape index (κ2) is 9.32. The number of carbonyl (C=O) groups excluding carboxylic acids is 1. The number of nitrogens with zero attached hydrogens (tertiary/aromatic N) is 5. The molecule has 3 heterocycles. The Balaban J connectivity index is 1.25. The van der Waals surface area contributed by atoms with E-state index in [-0.39, 0.29) is 23.7 Å². The molecule has 7 nitrogen and oxygen atoms in total. The number of carbonyl (C=O) groups is 1. The molecule has 0 bridgehead atoms. The number of nitrogens with one attached hydrogen (secondary N) is 1. The Morgan fingerprint density at radius 1 is 1.15 bits per heavy atom. The van der Waals surface area contributed by atoms with Gasteiger partial charge < -0.3 is 5.32 Å². The van der Waals surface area contributed by atoms with Crippen LogP contribution in [-0.4, -0.2) is 43.2 Å². The third-order valence-electron chi connectivity index (χ3n) is 6.17. The second-order valence-electron chi connectivity index (χ2n) is 8.57. The van der Waals surface area contributed by atoms with Gasteiger partial charge in [0.25, 0.3) is 0 Å². The van der Waals surface area contributed by atoms with Crippen molar-refractivity contribution in [3.05, 3.63) is 58.2 Å². The van der Waals surface area contributed by atoms with E-state index in [1.165, 1.54) is 12.3 Å². The van der Waals surface area contributed by atoms with Crippen molar-refractivity contribution in [2.45, 2.75) is 38.4 Å². The van der Waals surface area contributed by atoms with Crippen LogP contribution >= 0.6 is 23.8 Å². The minimum atomic E-state index is -0.298. The highest BCUT2D eigenvalue weighted by Crippen LogP contribution is 2.39. The molecule has 1 saturated carbocycles. The zero-order chi connectivity index (χ0) is 22.9. The van der Waals surface area contributed by atoms with Crippen molar-refractivity contribution in [3.63, 3.8) is 0 Å². The van der Waals surface area contributed by atoms with E-state index in [0.717, 1.165) is 38.8 Å². The molecule has 1 N–H and O–H groups in total. The lowest BCUT2D eigenvalue weighted by molar-refractivity contribution is -0.121. The highest BCUT2D eigenvalue weighted by Gasteiger charge is 2.31. The van der Waals surface area contributed by atoms with Crippen LogP contribution in [0.5, 0.6) is 0 Å². The van der Waals surface area contributed by atoms with Gasteiger partial charge in [-0.2, -0.15) is 5.10 Å². The van der Waals surface area contributed by atoms with E-state index in [1.807, 2.05) is 10.6 Å². The zero-order valence-corrected chi connectivity index (χ0v) is 19.5. The van der Waals surface area contributed by atoms with Crippen LogP contribution in [0.2, 0.25) is 5.02 Å². The molecule has 0 spiro atoms. The maximum atomic E-state index is 14.5. The first-order chi connectivity index (χ1) is 16.0. The molecule has 3 aromatic rings. The predicted molar refractivity (Wildman–Crippen MR) is 127 cm³/mol. The summed E-state index contributed by atoms with van der Waals surface area (Å²) >= 11 is 11.6. The first kappa shape index (κ1) is 22.2. The summed E-state index contributed by atoms with van der Waals surface area (Å²) in [5.41, 5.74) is 0.473. The van der Waals surface area contributed by atoms with Crippen molar-refractivity contribution in [1.29, 1.82) is 0 Å². The van der Waals surface area contributed by atoms with Gasteiger partial charge in [-0.05, 0) is 62.2 Å². The average molecular weight is 487 g/mol. The summed E-state index contributed by atoms with van der Waals surface area (Å²) in [7, 11) is 0. The van der Waals surface area contributed by atoms with Gasteiger partial charge in [-0.25, -0.2) is 14.1 Å². The quantitative estimate of drug-likeness (QED) is 0.501. The van der Waals surface area contributed by atoms with Gasteiger partial charge >= 0.3 is 0 Å². The molecule has 10 heteroatoms. The van der Waals surface area contributed by atoms with E-state index < -0.39 is 0 Å². The zero-order valence-electron chi connectivity index (χ0n) is 18.0. The van der Waals surface area contributed by atoms with Crippen molar-refractivity contribution in [3.8, 4) is 11.4 Å². The molecule has 33 heavy (non-hydrogen) atoms. The summed E-state index contributed by atoms with van der Waals surface area (Å²) < 4.78 is 18.9. The van der Waals surface area contributed by atoms with Crippen LogP contribution < -0.4 is 5.32 Å². The second-order valence-corrected chi connectivity index (χ2v) is 9.37. The number of anilines is 1. The van der Waals surface area contributed by atoms with Crippen LogP contribution in [0.3, 0.4) is 0 Å². The molecule has 2 aliphatic rings. The molecule has 1 aliphatic heterocycles. The fourth-order valence-electron chi connectivity index (χ4n) is 4.20. The molecule has 172 valence electrons. The van der Waals surface area contributed by atoms with E-state index in [9.17, 15) is 9.18 Å². The molecule has 0 unspecified atom stereocenters. The smallest absolute Gasteiger partial charge is 0.228 e. The number of likely N-dealkylation sites (tertiary alicyclic amines) is 1. The standard InChI is InChI=1S/C23H24ClFN6OS/c24-16-5-8-20(26-13-16)27-22(32)15-9-11-29(12-10-15)14-30-23(33)31(17-6-7-17)21(28-30)18-3-1-2-4-19(18)25/h1-5,8,13,15,17H,6-7,9-12,14H2,(H,26,27,32). The predicted octanol–water partition coefficient (Wildman–Crippen LogP) is 4.91. The average Bonchev–Trinajstić information content (AvgIpc) is 3.60. The van der Waals surface area contributed by atoms with Crippen LogP contribution in [0, 0.1) is 16.5 Å². The molecule has 2 fully saturated rings. The highest BCUT2D eigenvalue weighted by molar-refractivity contribution is 7.71. The largest absolute Gasteiger partial charge is 0.310 e. The van der Waals surface area contributed by atoms with Crippen LogP contribution in [-0.2, 0) is 11.5 Å². The SMILES string of the molecule is O=C(Nc1ccc(Cl)cn1)C1CCN(Cn2nc(-c3ccccc3F)n(C3CC3)c2=S)CC1. The fourth-order valence-corrected chi connectivity index (χ4v) is 4.65. The molecule has 0 radical (unpaired) electrons. The number of hydrogen-bond acceptors (Lipinski definition) is 5. The number of aromatic nitrogens is 4. The van der Waals surface area contributed by atoms with Crippen LogP contribution in [0.15, 0.2) is 42.6 Å². The van der Waals surface area contributed by atoms with Crippen molar-refractivity contribution in [1.82, 2.24) is 24.2 Å². The van der Waals surface area contributed by atoms with Gasteiger partial charge in [-0.15, -0.1) is 0 Å². The van der Waals surface area contributed by atoms with E-state index in [1.54, 1.807) is 28.9 Å². The summed E-state index contributed by atoms with van der Waals surface area (Å²) in [4.78, 5) is 19.0. The maximum absolute atomic E-state index is 14.5. The Morgan fingerprint density at radius 2 is 1.91 bits per heavy atom. The van der Waals surface area contributed by atoms with Gasteiger partial charge in [0.05, 0.1) is 17.3 Å². The van der Waals surface area contributed by atoms with Crippen molar-refractivity contribution < 1.29 is 9.18 Å². The summed E-state index contributed by atoms with van der Waals surface area (Å²) in [5, 5.41) is 8.10. The summed E-state index contributed by atoms with van der Waals surface area (Å²) in [6, 6.07) is 10.4. The van der Waals surface area contributed by atoms with Crippen LogP contribution in [0.1, 0.15) is 31.7 Å². The lowest BCUT2D eigenvalue weighted by Gasteiger charge is -2.30. The fraction of sp³-hybridized carbons (Fsp3) is 0.391. The lowest BCUT2D eigenvalue weighted by atomic mass is 9.96. The van der Waals surface area contributed by atoms with Crippen molar-refractivity contribution in [2.75, 3.05) is 18.4 Å². The maximum Gasteiger partial charge on any atom is 0.228 e. The van der Waals surface area contributed by atoms with Gasteiger partial charge in [0.15, 0.2) is 10.6 Å². The van der Waals surface area contributed by atoms with Crippen LogP contribution in [0.25, 0.3) is 11.4 Å². The lowest BCUT2D eigenvalue weighted by Crippen LogP contribution is -2.39. The minimum absolute atomic E-state index is 0.0269. The molecular weight excluding hydrogens is 463 g/mol. The first-order valence-corrected chi connectivity index (χ1v) is 11.9. The van der Waals surface area contributed by atoms with Crippen molar-refractivity contribution in [2.24, 2.45) is 5.92 Å². The third-order valence-corrected chi connectivity index (χ3v) is 6.80. The molecule has 0 atom stereocenters. The minimum Gasteiger partial charge on any atom is -0.310 e. The Labute approximate surface area is 201 Å². The molecular formula is C23H24ClFN6OS. The normalized spacial score (nSPS) is 17.3. The molecule has 1 saturated heterocycles. The Kier molecular flexibility index (Phi) is 6.27. The Bertz CT molecular complexity index is 1210. The number of pyridine rings is 1. The summed E-state index contributed by atoms with van der Waals surface area (Å²) in [5.74, 6) is 0.689.